The third kappa shape index (κ3) is 3.52. The lowest BCUT2D eigenvalue weighted by molar-refractivity contribution is -0.121. The van der Waals surface area contributed by atoms with Gasteiger partial charge >= 0.3 is 0 Å². The predicted octanol–water partition coefficient (Wildman–Crippen LogP) is 3.35. The lowest BCUT2D eigenvalue weighted by atomic mass is 10.1. The minimum absolute atomic E-state index is 0.0759. The van der Waals surface area contributed by atoms with E-state index < -0.39 is 0 Å². The molecule has 1 atom stereocenters. The number of rotatable bonds is 5. The number of hydrogen-bond acceptors (Lipinski definition) is 6. The highest BCUT2D eigenvalue weighted by Gasteiger charge is 2.17. The molecular weight excluding hydrogens is 350 g/mol. The molecule has 1 amide bonds. The van der Waals surface area contributed by atoms with E-state index in [9.17, 15) is 4.79 Å². The summed E-state index contributed by atoms with van der Waals surface area (Å²) in [4.78, 5) is 21.1. The van der Waals surface area contributed by atoms with E-state index in [-0.39, 0.29) is 25.2 Å². The minimum atomic E-state index is -0.133. The van der Waals surface area contributed by atoms with Crippen molar-refractivity contribution < 1.29 is 14.3 Å². The van der Waals surface area contributed by atoms with Gasteiger partial charge in [0, 0.05) is 11.6 Å². The predicted molar refractivity (Wildman–Crippen MR) is 98.2 cm³/mol. The van der Waals surface area contributed by atoms with E-state index in [4.69, 9.17) is 9.47 Å². The summed E-state index contributed by atoms with van der Waals surface area (Å²) in [7, 11) is 0. The Labute approximate surface area is 154 Å². The third-order valence-corrected chi connectivity index (χ3v) is 4.97. The fraction of sp³-hybridized carbons (Fsp3) is 0.211. The molecule has 0 radical (unpaired) electrons. The Balaban J connectivity index is 1.39. The van der Waals surface area contributed by atoms with Crippen LogP contribution in [-0.4, -0.2) is 22.7 Å². The van der Waals surface area contributed by atoms with Gasteiger partial charge in [-0.05, 0) is 36.8 Å². The van der Waals surface area contributed by atoms with Crippen molar-refractivity contribution in [2.45, 2.75) is 19.4 Å². The van der Waals surface area contributed by atoms with E-state index in [2.05, 4.69) is 15.3 Å². The number of nitrogens with one attached hydrogen (secondary N) is 1. The van der Waals surface area contributed by atoms with E-state index in [0.29, 0.717) is 5.75 Å². The van der Waals surface area contributed by atoms with Crippen molar-refractivity contribution in [3.8, 4) is 22.2 Å². The summed E-state index contributed by atoms with van der Waals surface area (Å²) >= 11 is 1.49. The highest BCUT2D eigenvalue weighted by molar-refractivity contribution is 7.13. The number of amides is 1. The Morgan fingerprint density at radius 2 is 2.15 bits per heavy atom. The second-order valence-corrected chi connectivity index (χ2v) is 6.80. The number of ether oxygens (including phenoxy) is 2. The van der Waals surface area contributed by atoms with E-state index in [1.807, 2.05) is 48.7 Å². The number of carbonyl (C=O) groups excluding carboxylic acids is 1. The maximum Gasteiger partial charge on any atom is 0.231 e. The summed E-state index contributed by atoms with van der Waals surface area (Å²) < 4.78 is 10.7. The maximum absolute atomic E-state index is 12.4. The van der Waals surface area contributed by atoms with E-state index in [1.54, 1.807) is 6.20 Å². The summed E-state index contributed by atoms with van der Waals surface area (Å²) in [5.74, 6) is 1.37. The first-order valence-electron chi connectivity index (χ1n) is 8.24. The Bertz CT molecular complexity index is 927. The molecule has 4 rings (SSSR count). The van der Waals surface area contributed by atoms with E-state index in [0.717, 1.165) is 27.7 Å². The quantitative estimate of drug-likeness (QED) is 0.749. The Morgan fingerprint density at radius 1 is 1.27 bits per heavy atom. The van der Waals surface area contributed by atoms with E-state index >= 15 is 0 Å². The number of nitrogens with zero attached hydrogens (tertiary/aromatic N) is 2. The van der Waals surface area contributed by atoms with Crippen molar-refractivity contribution >= 4 is 17.2 Å². The molecule has 26 heavy (non-hydrogen) atoms. The monoisotopic (exact) mass is 367 g/mol. The lowest BCUT2D eigenvalue weighted by Gasteiger charge is -2.14. The molecule has 0 aliphatic carbocycles. The topological polar surface area (TPSA) is 73.3 Å². The van der Waals surface area contributed by atoms with Gasteiger partial charge in [0.25, 0.3) is 0 Å². The Kier molecular flexibility index (Phi) is 4.53. The number of thiazole rings is 1. The zero-order chi connectivity index (χ0) is 17.9. The average molecular weight is 367 g/mol. The summed E-state index contributed by atoms with van der Waals surface area (Å²) in [6, 6.07) is 11.2. The summed E-state index contributed by atoms with van der Waals surface area (Å²) in [5.41, 5.74) is 2.53. The Hall–Kier alpha value is -2.93. The van der Waals surface area contributed by atoms with Gasteiger partial charge < -0.3 is 14.8 Å². The van der Waals surface area contributed by atoms with Crippen LogP contribution in [0.2, 0.25) is 0 Å². The van der Waals surface area contributed by atoms with Crippen LogP contribution in [0.25, 0.3) is 10.7 Å². The first-order valence-corrected chi connectivity index (χ1v) is 9.12. The SMILES string of the molecule is C[C@@H](NC(=O)Cc1csc(-c2ccccn2)n1)c1ccc2c(c1)OCO2. The van der Waals surface area contributed by atoms with Crippen LogP contribution in [0.15, 0.2) is 48.0 Å². The molecule has 0 saturated heterocycles. The van der Waals surface area contributed by atoms with Gasteiger partial charge in [-0.3, -0.25) is 9.78 Å². The number of aromatic nitrogens is 2. The molecule has 6 nitrogen and oxygen atoms in total. The van der Waals surface area contributed by atoms with Crippen molar-refractivity contribution in [1.82, 2.24) is 15.3 Å². The maximum atomic E-state index is 12.4. The third-order valence-electron chi connectivity index (χ3n) is 4.05. The zero-order valence-electron chi connectivity index (χ0n) is 14.1. The molecule has 1 N–H and O–H groups in total. The highest BCUT2D eigenvalue weighted by atomic mass is 32.1. The largest absolute Gasteiger partial charge is 0.454 e. The second-order valence-electron chi connectivity index (χ2n) is 5.94. The number of benzene rings is 1. The molecular formula is C19H17N3O3S. The molecule has 3 heterocycles. The summed E-state index contributed by atoms with van der Waals surface area (Å²) in [5, 5.41) is 5.71. The molecule has 0 spiro atoms. The van der Waals surface area contributed by atoms with Crippen LogP contribution in [0.1, 0.15) is 24.2 Å². The van der Waals surface area contributed by atoms with Gasteiger partial charge in [0.15, 0.2) is 11.5 Å². The fourth-order valence-electron chi connectivity index (χ4n) is 2.72. The van der Waals surface area contributed by atoms with Crippen LogP contribution in [-0.2, 0) is 11.2 Å². The first kappa shape index (κ1) is 16.5. The average Bonchev–Trinajstić information content (AvgIpc) is 3.30. The van der Waals surface area contributed by atoms with Gasteiger partial charge in [-0.25, -0.2) is 4.98 Å². The minimum Gasteiger partial charge on any atom is -0.454 e. The van der Waals surface area contributed by atoms with Crippen LogP contribution >= 0.6 is 11.3 Å². The van der Waals surface area contributed by atoms with Crippen LogP contribution in [0, 0.1) is 0 Å². The van der Waals surface area contributed by atoms with Crippen molar-refractivity contribution in [2.24, 2.45) is 0 Å². The van der Waals surface area contributed by atoms with Crippen molar-refractivity contribution in [3.63, 3.8) is 0 Å². The van der Waals surface area contributed by atoms with Gasteiger partial charge in [0.2, 0.25) is 12.7 Å². The fourth-order valence-corrected chi connectivity index (χ4v) is 3.51. The summed E-state index contributed by atoms with van der Waals surface area (Å²) in [6.45, 7) is 2.18. The normalized spacial score (nSPS) is 13.4. The number of fused-ring (bicyclic) bond motifs is 1. The molecule has 0 unspecified atom stereocenters. The van der Waals surface area contributed by atoms with Crippen molar-refractivity contribution in [2.75, 3.05) is 6.79 Å². The first-order chi connectivity index (χ1) is 12.7. The molecule has 3 aromatic rings. The van der Waals surface area contributed by atoms with Gasteiger partial charge in [0.05, 0.1) is 23.9 Å². The second kappa shape index (κ2) is 7.13. The molecule has 132 valence electrons. The van der Waals surface area contributed by atoms with Crippen LogP contribution in [0.4, 0.5) is 0 Å². The number of carbonyl (C=O) groups is 1. The molecule has 0 fully saturated rings. The van der Waals surface area contributed by atoms with Crippen molar-refractivity contribution in [3.05, 3.63) is 59.2 Å². The molecule has 0 bridgehead atoms. The smallest absolute Gasteiger partial charge is 0.231 e. The highest BCUT2D eigenvalue weighted by Crippen LogP contribution is 2.34. The van der Waals surface area contributed by atoms with Crippen molar-refractivity contribution in [1.29, 1.82) is 0 Å². The van der Waals surface area contributed by atoms with Gasteiger partial charge in [-0.1, -0.05) is 12.1 Å². The molecule has 1 aliphatic rings. The van der Waals surface area contributed by atoms with Crippen LogP contribution < -0.4 is 14.8 Å². The molecule has 2 aromatic heterocycles. The van der Waals surface area contributed by atoms with Crippen LogP contribution in [0.3, 0.4) is 0 Å². The molecule has 0 saturated carbocycles. The lowest BCUT2D eigenvalue weighted by Crippen LogP contribution is -2.28. The zero-order valence-corrected chi connectivity index (χ0v) is 15.0. The Morgan fingerprint density at radius 3 is 3.00 bits per heavy atom. The number of pyridine rings is 1. The van der Waals surface area contributed by atoms with Crippen LogP contribution in [0.5, 0.6) is 11.5 Å². The van der Waals surface area contributed by atoms with Gasteiger partial charge in [-0.2, -0.15) is 0 Å². The molecule has 7 heteroatoms. The molecule has 1 aliphatic heterocycles. The standard InChI is InChI=1S/C19H17N3O3S/c1-12(13-5-6-16-17(8-13)25-11-24-16)21-18(23)9-14-10-26-19(22-14)15-4-2-3-7-20-15/h2-8,10,12H,9,11H2,1H3,(H,21,23)/t12-/m1/s1. The van der Waals surface area contributed by atoms with E-state index in [1.165, 1.54) is 11.3 Å². The summed E-state index contributed by atoms with van der Waals surface area (Å²) in [6.07, 6.45) is 1.97. The van der Waals surface area contributed by atoms with Gasteiger partial charge in [0.1, 0.15) is 5.01 Å². The molecule has 1 aromatic carbocycles. The van der Waals surface area contributed by atoms with Gasteiger partial charge in [-0.15, -0.1) is 11.3 Å². The number of hydrogen-bond donors (Lipinski definition) is 1.